The number of fused-ring (bicyclic) bond motifs is 7. The number of rotatable bonds is 5. The first-order chi connectivity index (χ1) is 27.5. The van der Waals surface area contributed by atoms with E-state index in [1.165, 1.54) is 49.4 Å². The maximum absolute atomic E-state index is 5.55. The van der Waals surface area contributed by atoms with E-state index in [0.29, 0.717) is 0 Å². The molecule has 0 bridgehead atoms. The summed E-state index contributed by atoms with van der Waals surface area (Å²) in [6.45, 7) is 6.60. The molecule has 0 unspecified atom stereocenters. The number of hydrogen-bond donors (Lipinski definition) is 1. The molecule has 0 saturated heterocycles. The van der Waals surface area contributed by atoms with Gasteiger partial charge in [0.2, 0.25) is 0 Å². The number of aryl methyl sites for hydroxylation is 3. The minimum atomic E-state index is 0.888. The van der Waals surface area contributed by atoms with Crippen LogP contribution in [0, 0.1) is 20.8 Å². The van der Waals surface area contributed by atoms with Crippen molar-refractivity contribution in [3.63, 3.8) is 0 Å². The molecule has 5 nitrogen and oxygen atoms in total. The van der Waals surface area contributed by atoms with Crippen molar-refractivity contribution in [2.45, 2.75) is 20.8 Å². The van der Waals surface area contributed by atoms with E-state index in [1.54, 1.807) is 0 Å². The topological polar surface area (TPSA) is 51.4 Å². The first kappa shape index (κ1) is 32.2. The molecule has 1 N–H and O–H groups in total. The molecule has 0 spiro atoms. The number of nitrogens with zero attached hydrogens (tertiary/aromatic N) is 4. The Morgan fingerprint density at radius 2 is 1.18 bits per heavy atom. The fourth-order valence-corrected chi connectivity index (χ4v) is 9.12. The van der Waals surface area contributed by atoms with Gasteiger partial charge in [-0.1, -0.05) is 109 Å². The van der Waals surface area contributed by atoms with Crippen LogP contribution in [0.3, 0.4) is 0 Å². The quantitative estimate of drug-likeness (QED) is 0.193. The average Bonchev–Trinajstić information content (AvgIpc) is 3.90. The zero-order chi connectivity index (χ0) is 37.5. The van der Waals surface area contributed by atoms with Crippen molar-refractivity contribution >= 4 is 54.6 Å². The third kappa shape index (κ3) is 4.87. The number of benzene rings is 7. The number of H-pyrrole nitrogens is 1. The monoisotopic (exact) mass is 719 g/mol. The van der Waals surface area contributed by atoms with Crippen molar-refractivity contribution in [3.05, 3.63) is 181 Å². The predicted molar refractivity (Wildman–Crippen MR) is 233 cm³/mol. The van der Waals surface area contributed by atoms with E-state index in [1.807, 2.05) is 12.3 Å². The second-order valence-electron chi connectivity index (χ2n) is 14.9. The van der Waals surface area contributed by atoms with Gasteiger partial charge in [-0.3, -0.25) is 9.13 Å². The van der Waals surface area contributed by atoms with Gasteiger partial charge >= 0.3 is 0 Å². The van der Waals surface area contributed by atoms with Crippen LogP contribution in [-0.2, 0) is 0 Å². The van der Waals surface area contributed by atoms with Crippen LogP contribution in [0.15, 0.2) is 164 Å². The largest absolute Gasteiger partial charge is 0.354 e. The van der Waals surface area contributed by atoms with Crippen molar-refractivity contribution in [1.29, 1.82) is 0 Å². The van der Waals surface area contributed by atoms with Gasteiger partial charge in [0.1, 0.15) is 11.6 Å². The Hall–Kier alpha value is -7.24. The van der Waals surface area contributed by atoms with Crippen molar-refractivity contribution in [1.82, 2.24) is 24.1 Å². The molecule has 0 aliphatic rings. The van der Waals surface area contributed by atoms with Gasteiger partial charge in [-0.2, -0.15) is 0 Å². The molecule has 0 amide bonds. The Kier molecular flexibility index (Phi) is 7.13. The molecule has 11 rings (SSSR count). The van der Waals surface area contributed by atoms with Crippen molar-refractivity contribution in [2.75, 3.05) is 0 Å². The highest BCUT2D eigenvalue weighted by atomic mass is 15.1. The third-order valence-electron chi connectivity index (χ3n) is 11.4. The Morgan fingerprint density at radius 3 is 1.96 bits per heavy atom. The number of hydrogen-bond acceptors (Lipinski definition) is 2. The summed E-state index contributed by atoms with van der Waals surface area (Å²) in [6, 6.07) is 56.6. The van der Waals surface area contributed by atoms with Crippen molar-refractivity contribution in [2.24, 2.45) is 0 Å². The lowest BCUT2D eigenvalue weighted by molar-refractivity contribution is 1.08. The Bertz CT molecular complexity index is 3300. The van der Waals surface area contributed by atoms with E-state index in [0.717, 1.165) is 67.1 Å². The van der Waals surface area contributed by atoms with Gasteiger partial charge in [0.25, 0.3) is 0 Å². The summed E-state index contributed by atoms with van der Waals surface area (Å²) < 4.78 is 4.63. The van der Waals surface area contributed by atoms with Gasteiger partial charge in [-0.15, -0.1) is 0 Å². The molecule has 0 radical (unpaired) electrons. The first-order valence-electron chi connectivity index (χ1n) is 19.2. The van der Waals surface area contributed by atoms with E-state index in [9.17, 15) is 0 Å². The lowest BCUT2D eigenvalue weighted by Gasteiger charge is -2.13. The second kappa shape index (κ2) is 12.4. The average molecular weight is 720 g/mol. The van der Waals surface area contributed by atoms with Gasteiger partial charge in [0, 0.05) is 50.1 Å². The van der Waals surface area contributed by atoms with E-state index in [-0.39, 0.29) is 0 Å². The molecule has 7 aromatic carbocycles. The van der Waals surface area contributed by atoms with Crippen LogP contribution in [0.1, 0.15) is 16.7 Å². The van der Waals surface area contributed by atoms with E-state index in [2.05, 4.69) is 187 Å². The smallest absolute Gasteiger partial charge is 0.147 e. The number of aromatic amines is 1. The number of para-hydroxylation sites is 4. The summed E-state index contributed by atoms with van der Waals surface area (Å²) >= 11 is 0. The summed E-state index contributed by atoms with van der Waals surface area (Å²) in [5.41, 5.74) is 17.1. The number of aromatic nitrogens is 5. The molecule has 0 atom stereocenters. The lowest BCUT2D eigenvalue weighted by atomic mass is 9.93. The minimum Gasteiger partial charge on any atom is -0.354 e. The molecule has 0 aliphatic carbocycles. The standard InChI is InChI=1S/C51H37N5/c1-31-27-32(2)48(33(3)28-31)35-23-25-40-39-24-22-34(29-45(39)56(46(40)30-35)47-21-9-10-26-52-47)37-16-12-20-44-50(37)54-51(55(44)36-13-5-4-6-14-36)42-18-11-17-41-38-15-7-8-19-43(38)53-49(41)42/h4-30,53H,1-3H3. The second-order valence-corrected chi connectivity index (χ2v) is 14.9. The molecule has 0 fully saturated rings. The van der Waals surface area contributed by atoms with E-state index < -0.39 is 0 Å². The van der Waals surface area contributed by atoms with E-state index >= 15 is 0 Å². The van der Waals surface area contributed by atoms with Gasteiger partial charge in [-0.25, -0.2) is 9.97 Å². The van der Waals surface area contributed by atoms with E-state index in [4.69, 9.17) is 9.97 Å². The Balaban J connectivity index is 1.16. The van der Waals surface area contributed by atoms with Crippen LogP contribution < -0.4 is 0 Å². The number of pyridine rings is 1. The zero-order valence-electron chi connectivity index (χ0n) is 31.4. The molecular formula is C51H37N5. The van der Waals surface area contributed by atoms with Crippen LogP contribution in [0.25, 0.3) is 99.8 Å². The van der Waals surface area contributed by atoms with Gasteiger partial charge < -0.3 is 4.98 Å². The van der Waals surface area contributed by atoms with Crippen LogP contribution in [0.4, 0.5) is 0 Å². The molecule has 4 heterocycles. The summed E-state index contributed by atoms with van der Waals surface area (Å²) in [7, 11) is 0. The molecule has 56 heavy (non-hydrogen) atoms. The highest BCUT2D eigenvalue weighted by molar-refractivity contribution is 6.13. The predicted octanol–water partition coefficient (Wildman–Crippen LogP) is 13.1. The van der Waals surface area contributed by atoms with Gasteiger partial charge in [0.05, 0.1) is 27.6 Å². The summed E-state index contributed by atoms with van der Waals surface area (Å²) in [5.74, 6) is 1.79. The van der Waals surface area contributed by atoms with Crippen LogP contribution in [0.2, 0.25) is 0 Å². The summed E-state index contributed by atoms with van der Waals surface area (Å²) in [5, 5.41) is 4.78. The van der Waals surface area contributed by atoms with Crippen molar-refractivity contribution in [3.8, 4) is 45.1 Å². The molecule has 11 aromatic rings. The van der Waals surface area contributed by atoms with Crippen molar-refractivity contribution < 1.29 is 0 Å². The Labute approximate surface area is 324 Å². The minimum absolute atomic E-state index is 0.888. The number of nitrogens with one attached hydrogen (secondary N) is 1. The number of imidazole rings is 1. The maximum Gasteiger partial charge on any atom is 0.147 e. The molecular weight excluding hydrogens is 683 g/mol. The fraction of sp³-hybridized carbons (Fsp3) is 0.0588. The summed E-state index contributed by atoms with van der Waals surface area (Å²) in [4.78, 5) is 14.2. The van der Waals surface area contributed by atoms with Crippen LogP contribution in [-0.4, -0.2) is 24.1 Å². The fourth-order valence-electron chi connectivity index (χ4n) is 9.12. The highest BCUT2D eigenvalue weighted by Gasteiger charge is 2.22. The molecule has 0 saturated carbocycles. The Morgan fingerprint density at radius 1 is 0.500 bits per heavy atom. The molecule has 5 heteroatoms. The summed E-state index contributed by atoms with van der Waals surface area (Å²) in [6.07, 6.45) is 1.88. The SMILES string of the molecule is Cc1cc(C)c(-c2ccc3c4ccc(-c5cccc6c5nc(-c5cccc7c5[nH]c5ccccc57)n6-c5ccccc5)cc4n(-c4ccccn4)c3c2)c(C)c1. The van der Waals surface area contributed by atoms with Gasteiger partial charge in [0.15, 0.2) is 0 Å². The zero-order valence-corrected chi connectivity index (χ0v) is 31.4. The van der Waals surface area contributed by atoms with Crippen LogP contribution >= 0.6 is 0 Å². The highest BCUT2D eigenvalue weighted by Crippen LogP contribution is 2.41. The maximum atomic E-state index is 5.55. The van der Waals surface area contributed by atoms with Gasteiger partial charge in [-0.05, 0) is 103 Å². The molecule has 4 aromatic heterocycles. The third-order valence-corrected chi connectivity index (χ3v) is 11.4. The molecule has 0 aliphatic heterocycles. The first-order valence-corrected chi connectivity index (χ1v) is 19.2. The molecule has 266 valence electrons. The van der Waals surface area contributed by atoms with Crippen LogP contribution in [0.5, 0.6) is 0 Å². The lowest BCUT2D eigenvalue weighted by Crippen LogP contribution is -1.98. The normalized spacial score (nSPS) is 11.8.